The smallest absolute Gasteiger partial charge is 0.268 e. The van der Waals surface area contributed by atoms with Crippen molar-refractivity contribution < 1.29 is 4.79 Å². The second kappa shape index (κ2) is 6.80. The van der Waals surface area contributed by atoms with Gasteiger partial charge in [-0.25, -0.2) is 4.98 Å². The summed E-state index contributed by atoms with van der Waals surface area (Å²) in [6.45, 7) is 3.64. The van der Waals surface area contributed by atoms with E-state index in [1.165, 1.54) is 11.3 Å². The Balaban J connectivity index is 1.62. The molecular formula is C14H18N4O2S2. The molecule has 0 spiro atoms. The number of aromatic nitrogens is 2. The van der Waals surface area contributed by atoms with Gasteiger partial charge in [-0.1, -0.05) is 0 Å². The van der Waals surface area contributed by atoms with E-state index in [2.05, 4.69) is 27.5 Å². The summed E-state index contributed by atoms with van der Waals surface area (Å²) in [7, 11) is 0. The predicted octanol–water partition coefficient (Wildman–Crippen LogP) is 0.949. The summed E-state index contributed by atoms with van der Waals surface area (Å²) < 4.78 is 0.672. The Morgan fingerprint density at radius 2 is 2.14 bits per heavy atom. The van der Waals surface area contributed by atoms with E-state index in [4.69, 9.17) is 0 Å². The van der Waals surface area contributed by atoms with Crippen LogP contribution in [0, 0.1) is 0 Å². The van der Waals surface area contributed by atoms with Crippen molar-refractivity contribution in [2.75, 3.05) is 31.9 Å². The maximum atomic E-state index is 12.0. The van der Waals surface area contributed by atoms with Crippen LogP contribution in [0.15, 0.2) is 16.2 Å². The third-order valence-corrected chi connectivity index (χ3v) is 4.91. The van der Waals surface area contributed by atoms with Crippen LogP contribution in [0.25, 0.3) is 10.2 Å². The van der Waals surface area contributed by atoms with Crippen molar-refractivity contribution in [3.05, 3.63) is 27.6 Å². The Bertz CT molecular complexity index is 719. The molecule has 1 N–H and O–H groups in total. The van der Waals surface area contributed by atoms with E-state index in [0.29, 0.717) is 29.2 Å². The number of piperazine rings is 1. The minimum Gasteiger partial charge on any atom is -0.340 e. The van der Waals surface area contributed by atoms with Crippen LogP contribution in [-0.4, -0.2) is 57.6 Å². The van der Waals surface area contributed by atoms with E-state index in [-0.39, 0.29) is 11.5 Å². The molecule has 0 bridgehead atoms. The van der Waals surface area contributed by atoms with Gasteiger partial charge < -0.3 is 9.88 Å². The first-order valence-corrected chi connectivity index (χ1v) is 8.76. The molecule has 1 fully saturated rings. The fourth-order valence-corrected chi connectivity index (χ4v) is 3.53. The van der Waals surface area contributed by atoms with Crippen molar-refractivity contribution in [1.29, 1.82) is 0 Å². The van der Waals surface area contributed by atoms with Crippen molar-refractivity contribution in [3.63, 3.8) is 0 Å². The van der Waals surface area contributed by atoms with Crippen LogP contribution in [0.5, 0.6) is 0 Å². The van der Waals surface area contributed by atoms with Gasteiger partial charge in [0.05, 0.1) is 12.1 Å². The Labute approximate surface area is 137 Å². The molecule has 118 valence electrons. The lowest BCUT2D eigenvalue weighted by atomic mass is 10.3. The quantitative estimate of drug-likeness (QED) is 0.815. The average molecular weight is 338 g/mol. The van der Waals surface area contributed by atoms with Gasteiger partial charge in [0.15, 0.2) is 0 Å². The van der Waals surface area contributed by atoms with Gasteiger partial charge in [-0.3, -0.25) is 14.5 Å². The number of hydrogen-bond acceptors (Lipinski definition) is 6. The standard InChI is InChI=1S/C14H18N4O2S2/c19-12(1-7-21)18-5-3-17(4-6-18)9-11-15-10-2-8-22-13(10)14(20)16-11/h2,8,21H,1,3-7,9H2,(H,15,16,20). The molecule has 0 atom stereocenters. The Hall–Kier alpha value is -1.38. The summed E-state index contributed by atoms with van der Waals surface area (Å²) in [5, 5.41) is 1.88. The zero-order valence-electron chi connectivity index (χ0n) is 12.1. The highest BCUT2D eigenvalue weighted by Gasteiger charge is 2.21. The summed E-state index contributed by atoms with van der Waals surface area (Å²) in [6, 6.07) is 1.87. The van der Waals surface area contributed by atoms with Gasteiger partial charge in [-0.2, -0.15) is 12.6 Å². The Kier molecular flexibility index (Phi) is 4.80. The molecule has 3 heterocycles. The molecule has 0 aliphatic carbocycles. The first kappa shape index (κ1) is 15.5. The zero-order valence-corrected chi connectivity index (χ0v) is 13.8. The van der Waals surface area contributed by atoms with E-state index < -0.39 is 0 Å². The van der Waals surface area contributed by atoms with E-state index in [9.17, 15) is 9.59 Å². The molecule has 0 unspecified atom stereocenters. The Morgan fingerprint density at radius 3 is 2.86 bits per heavy atom. The third-order valence-electron chi connectivity index (χ3n) is 3.79. The van der Waals surface area contributed by atoms with Crippen molar-refractivity contribution in [3.8, 4) is 0 Å². The molecule has 2 aromatic heterocycles. The summed E-state index contributed by atoms with van der Waals surface area (Å²) >= 11 is 5.50. The zero-order chi connectivity index (χ0) is 15.5. The van der Waals surface area contributed by atoms with Gasteiger partial charge >= 0.3 is 0 Å². The molecule has 1 aliphatic rings. The summed E-state index contributed by atoms with van der Waals surface area (Å²) in [5.41, 5.74) is 0.684. The molecule has 2 aromatic rings. The van der Waals surface area contributed by atoms with Gasteiger partial charge in [0.1, 0.15) is 10.5 Å². The molecule has 1 saturated heterocycles. The lowest BCUT2D eigenvalue weighted by molar-refractivity contribution is -0.132. The average Bonchev–Trinajstić information content (AvgIpc) is 2.97. The van der Waals surface area contributed by atoms with Gasteiger partial charge in [-0.05, 0) is 17.2 Å². The highest BCUT2D eigenvalue weighted by atomic mass is 32.1. The number of nitrogens with zero attached hydrogens (tertiary/aromatic N) is 3. The van der Waals surface area contributed by atoms with Crippen molar-refractivity contribution in [2.45, 2.75) is 13.0 Å². The molecular weight excluding hydrogens is 320 g/mol. The fourth-order valence-electron chi connectivity index (χ4n) is 2.62. The summed E-state index contributed by atoms with van der Waals surface area (Å²) in [6.07, 6.45) is 0.493. The number of thiophene rings is 1. The minimum absolute atomic E-state index is 0.0717. The lowest BCUT2D eigenvalue weighted by Crippen LogP contribution is -2.48. The minimum atomic E-state index is -0.0717. The second-order valence-electron chi connectivity index (χ2n) is 5.28. The topological polar surface area (TPSA) is 69.3 Å². The van der Waals surface area contributed by atoms with E-state index >= 15 is 0 Å². The van der Waals surface area contributed by atoms with E-state index in [1.54, 1.807) is 0 Å². The molecule has 0 saturated carbocycles. The van der Waals surface area contributed by atoms with Crippen LogP contribution < -0.4 is 5.56 Å². The van der Waals surface area contributed by atoms with E-state index in [0.717, 1.165) is 31.7 Å². The number of nitrogens with one attached hydrogen (secondary N) is 1. The third kappa shape index (κ3) is 3.34. The number of amides is 1. The number of hydrogen-bond donors (Lipinski definition) is 2. The highest BCUT2D eigenvalue weighted by Crippen LogP contribution is 2.14. The SMILES string of the molecule is O=C(CCS)N1CCN(Cc2nc3ccsc3c(=O)[nH]2)CC1. The van der Waals surface area contributed by atoms with Gasteiger partial charge in [0.25, 0.3) is 5.56 Å². The first-order chi connectivity index (χ1) is 10.7. The molecule has 1 amide bonds. The number of rotatable bonds is 4. The number of carbonyl (C=O) groups excluding carboxylic acids is 1. The lowest BCUT2D eigenvalue weighted by Gasteiger charge is -2.34. The number of H-pyrrole nitrogens is 1. The van der Waals surface area contributed by atoms with Crippen LogP contribution in [0.3, 0.4) is 0 Å². The highest BCUT2D eigenvalue weighted by molar-refractivity contribution is 7.80. The van der Waals surface area contributed by atoms with Crippen LogP contribution in [0.4, 0.5) is 0 Å². The van der Waals surface area contributed by atoms with Crippen LogP contribution in [-0.2, 0) is 11.3 Å². The number of carbonyl (C=O) groups is 1. The predicted molar refractivity (Wildman–Crippen MR) is 90.6 cm³/mol. The summed E-state index contributed by atoms with van der Waals surface area (Å²) in [5.74, 6) is 1.44. The van der Waals surface area contributed by atoms with E-state index in [1.807, 2.05) is 16.3 Å². The molecule has 0 aromatic carbocycles. The normalized spacial score (nSPS) is 16.3. The van der Waals surface area contributed by atoms with Crippen LogP contribution in [0.2, 0.25) is 0 Å². The second-order valence-corrected chi connectivity index (χ2v) is 6.64. The van der Waals surface area contributed by atoms with Gasteiger partial charge in [-0.15, -0.1) is 11.3 Å². The molecule has 1 aliphatic heterocycles. The Morgan fingerprint density at radius 1 is 1.36 bits per heavy atom. The van der Waals surface area contributed by atoms with Crippen LogP contribution >= 0.6 is 24.0 Å². The van der Waals surface area contributed by atoms with Crippen molar-refractivity contribution in [1.82, 2.24) is 19.8 Å². The van der Waals surface area contributed by atoms with Crippen LogP contribution in [0.1, 0.15) is 12.2 Å². The summed E-state index contributed by atoms with van der Waals surface area (Å²) in [4.78, 5) is 35.2. The molecule has 22 heavy (non-hydrogen) atoms. The molecule has 6 nitrogen and oxygen atoms in total. The first-order valence-electron chi connectivity index (χ1n) is 7.25. The maximum absolute atomic E-state index is 12.0. The molecule has 0 radical (unpaired) electrons. The largest absolute Gasteiger partial charge is 0.340 e. The van der Waals surface area contributed by atoms with Gasteiger partial charge in [0.2, 0.25) is 5.91 Å². The molecule has 8 heteroatoms. The number of thiol groups is 1. The van der Waals surface area contributed by atoms with Crippen molar-refractivity contribution >= 4 is 40.1 Å². The number of fused-ring (bicyclic) bond motifs is 1. The number of aromatic amines is 1. The maximum Gasteiger partial charge on any atom is 0.268 e. The van der Waals surface area contributed by atoms with Gasteiger partial charge in [0, 0.05) is 32.6 Å². The van der Waals surface area contributed by atoms with Crippen molar-refractivity contribution in [2.24, 2.45) is 0 Å². The fraction of sp³-hybridized carbons (Fsp3) is 0.500. The monoisotopic (exact) mass is 338 g/mol. The molecule has 3 rings (SSSR count).